The van der Waals surface area contributed by atoms with Gasteiger partial charge >= 0.3 is 0 Å². The largest absolute Gasteiger partial charge is 0.291 e. The van der Waals surface area contributed by atoms with Crippen molar-refractivity contribution in [3.63, 3.8) is 0 Å². The van der Waals surface area contributed by atoms with Gasteiger partial charge in [-0.15, -0.1) is 0 Å². The molecule has 0 radical (unpaired) electrons. The number of fused-ring (bicyclic) bond motifs is 1. The quantitative estimate of drug-likeness (QED) is 0.274. The molecule has 0 atom stereocenters. The number of nitrogens with zero attached hydrogens (tertiary/aromatic N) is 1. The number of carbonyl (C=O) groups excluding carboxylic acids is 1. The van der Waals surface area contributed by atoms with Gasteiger partial charge in [-0.2, -0.15) is 0 Å². The highest BCUT2D eigenvalue weighted by atomic mass is 19.1. The summed E-state index contributed by atoms with van der Waals surface area (Å²) in [5, 5.41) is 24.0. The molecule has 0 aliphatic carbocycles. The van der Waals surface area contributed by atoms with Crippen LogP contribution in [0, 0.1) is 16.6 Å². The first-order valence-electron chi connectivity index (χ1n) is 4.93. The molecular formula is C11H9FN4O2. The molecule has 0 saturated carbocycles. The van der Waals surface area contributed by atoms with E-state index in [4.69, 9.17) is 16.0 Å². The number of aromatic nitrogens is 1. The highest BCUT2D eigenvalue weighted by molar-refractivity contribution is 5.97. The lowest BCUT2D eigenvalue weighted by Gasteiger charge is -2.09. The van der Waals surface area contributed by atoms with E-state index < -0.39 is 11.7 Å². The molecule has 6 nitrogen and oxygen atoms in total. The predicted octanol–water partition coefficient (Wildman–Crippen LogP) is 0.834. The zero-order valence-corrected chi connectivity index (χ0v) is 9.07. The zero-order valence-electron chi connectivity index (χ0n) is 9.07. The van der Waals surface area contributed by atoms with Gasteiger partial charge in [-0.25, -0.2) is 9.87 Å². The van der Waals surface area contributed by atoms with Gasteiger partial charge in [0.1, 0.15) is 11.3 Å². The van der Waals surface area contributed by atoms with E-state index in [1.54, 1.807) is 0 Å². The van der Waals surface area contributed by atoms with Crippen LogP contribution in [0.4, 0.5) is 4.39 Å². The molecule has 0 spiro atoms. The van der Waals surface area contributed by atoms with Crippen molar-refractivity contribution in [2.24, 2.45) is 0 Å². The van der Waals surface area contributed by atoms with E-state index in [9.17, 15) is 9.18 Å². The minimum absolute atomic E-state index is 0.111. The summed E-state index contributed by atoms with van der Waals surface area (Å²) in [4.78, 5) is 11.4. The van der Waals surface area contributed by atoms with Crippen LogP contribution in [-0.4, -0.2) is 22.0 Å². The fourth-order valence-corrected chi connectivity index (χ4v) is 1.69. The number of rotatable bonds is 2. The van der Waals surface area contributed by atoms with Crippen molar-refractivity contribution in [2.45, 2.75) is 0 Å². The second-order valence-corrected chi connectivity index (χ2v) is 3.55. The smallest absolute Gasteiger partial charge is 0.278 e. The molecule has 7 heteroatoms. The van der Waals surface area contributed by atoms with E-state index in [2.05, 4.69) is 0 Å². The third-order valence-electron chi connectivity index (χ3n) is 2.52. The van der Waals surface area contributed by atoms with Gasteiger partial charge in [-0.05, 0) is 29.7 Å². The van der Waals surface area contributed by atoms with Gasteiger partial charge in [0.15, 0.2) is 0 Å². The summed E-state index contributed by atoms with van der Waals surface area (Å²) in [7, 11) is 0. The third-order valence-corrected chi connectivity index (χ3v) is 2.52. The fraction of sp³-hybridized carbons (Fsp3) is 0. The normalized spacial score (nSPS) is 10.3. The molecule has 4 N–H and O–H groups in total. The van der Waals surface area contributed by atoms with Crippen LogP contribution >= 0.6 is 0 Å². The summed E-state index contributed by atoms with van der Waals surface area (Å²) in [6, 6.07) is 5.15. The lowest BCUT2D eigenvalue weighted by molar-refractivity contribution is 0.0704. The number of benzene rings is 1. The average Bonchev–Trinajstić information content (AvgIpc) is 2.37. The molecule has 0 aliphatic rings. The van der Waals surface area contributed by atoms with Crippen LogP contribution in [0.15, 0.2) is 24.3 Å². The van der Waals surface area contributed by atoms with Crippen LogP contribution in [0.1, 0.15) is 10.4 Å². The Labute approximate surface area is 100 Å². The van der Waals surface area contributed by atoms with Crippen LogP contribution in [0.25, 0.3) is 10.9 Å². The number of hydrogen-bond donors (Lipinski definition) is 4. The topological polar surface area (TPSA) is 102 Å². The number of hydrogen-bond acceptors (Lipinski definition) is 4. The number of pyridine rings is 1. The molecule has 0 unspecified atom stereocenters. The van der Waals surface area contributed by atoms with Crippen molar-refractivity contribution >= 4 is 23.1 Å². The lowest BCUT2D eigenvalue weighted by atomic mass is 10.1. The van der Waals surface area contributed by atoms with Crippen molar-refractivity contribution in [3.8, 4) is 0 Å². The Bertz CT molecular complexity index is 708. The van der Waals surface area contributed by atoms with E-state index in [1.165, 1.54) is 29.7 Å². The Kier molecular flexibility index (Phi) is 2.90. The Balaban J connectivity index is 2.91. The molecule has 1 aromatic heterocycles. The summed E-state index contributed by atoms with van der Waals surface area (Å²) < 4.78 is 14.2. The van der Waals surface area contributed by atoms with E-state index in [-0.39, 0.29) is 11.1 Å². The second-order valence-electron chi connectivity index (χ2n) is 3.55. The summed E-state index contributed by atoms with van der Waals surface area (Å²) >= 11 is 0. The summed E-state index contributed by atoms with van der Waals surface area (Å²) in [6.45, 7) is 0. The van der Waals surface area contributed by atoms with Crippen molar-refractivity contribution in [2.75, 3.05) is 0 Å². The Morgan fingerprint density at radius 3 is 2.78 bits per heavy atom. The molecule has 1 amide bonds. The van der Waals surface area contributed by atoms with E-state index in [1.807, 2.05) is 0 Å². The average molecular weight is 248 g/mol. The Morgan fingerprint density at radius 1 is 1.44 bits per heavy atom. The molecule has 92 valence electrons. The van der Waals surface area contributed by atoms with Crippen LogP contribution in [0.5, 0.6) is 0 Å². The first-order chi connectivity index (χ1) is 8.58. The number of halogens is 1. The van der Waals surface area contributed by atoms with E-state index in [0.29, 0.717) is 10.9 Å². The second kappa shape index (κ2) is 4.38. The van der Waals surface area contributed by atoms with Crippen molar-refractivity contribution in [1.29, 1.82) is 10.8 Å². The maximum absolute atomic E-state index is 13.1. The Morgan fingerprint density at radius 2 is 2.17 bits per heavy atom. The van der Waals surface area contributed by atoms with Gasteiger partial charge in [0.25, 0.3) is 5.91 Å². The first-order valence-corrected chi connectivity index (χ1v) is 4.93. The molecular weight excluding hydrogens is 239 g/mol. The molecule has 0 fully saturated rings. The number of hydroxylamine groups is 1. The SMILES string of the molecule is N=Cn1c(=N)c(C(=O)NO)cc2ccc(F)cc21. The van der Waals surface area contributed by atoms with Gasteiger partial charge < -0.3 is 0 Å². The molecule has 2 rings (SSSR count). The lowest BCUT2D eigenvalue weighted by Crippen LogP contribution is -2.31. The van der Waals surface area contributed by atoms with Crippen molar-refractivity contribution in [1.82, 2.24) is 10.0 Å². The van der Waals surface area contributed by atoms with Crippen LogP contribution < -0.4 is 11.0 Å². The standard InChI is InChI=1S/C11H9FN4O2/c12-7-2-1-6-3-8(11(17)15-18)10(14)16(5-13)9(6)4-7/h1-5,13-14,18H,(H,15,17). The number of carbonyl (C=O) groups is 1. The zero-order chi connectivity index (χ0) is 13.3. The minimum Gasteiger partial charge on any atom is -0.291 e. The number of nitrogens with one attached hydrogen (secondary N) is 3. The molecule has 1 aromatic carbocycles. The molecule has 2 aromatic rings. The monoisotopic (exact) mass is 248 g/mol. The van der Waals surface area contributed by atoms with E-state index >= 15 is 0 Å². The molecule has 1 heterocycles. The van der Waals surface area contributed by atoms with Gasteiger partial charge in [-0.1, -0.05) is 0 Å². The van der Waals surface area contributed by atoms with Crippen LogP contribution in [0.3, 0.4) is 0 Å². The van der Waals surface area contributed by atoms with Gasteiger partial charge in [0.2, 0.25) is 0 Å². The van der Waals surface area contributed by atoms with Gasteiger partial charge in [0.05, 0.1) is 17.4 Å². The highest BCUT2D eigenvalue weighted by Crippen LogP contribution is 2.14. The molecule has 0 saturated heterocycles. The molecule has 18 heavy (non-hydrogen) atoms. The van der Waals surface area contributed by atoms with E-state index in [0.717, 1.165) is 10.9 Å². The highest BCUT2D eigenvalue weighted by Gasteiger charge is 2.12. The first kappa shape index (κ1) is 11.9. The van der Waals surface area contributed by atoms with Gasteiger partial charge in [0, 0.05) is 0 Å². The fourth-order valence-electron chi connectivity index (χ4n) is 1.69. The number of amides is 1. The molecule has 0 aliphatic heterocycles. The van der Waals surface area contributed by atoms with Gasteiger partial charge in [-0.3, -0.25) is 25.4 Å². The predicted molar refractivity (Wildman–Crippen MR) is 61.2 cm³/mol. The maximum Gasteiger partial charge on any atom is 0.278 e. The van der Waals surface area contributed by atoms with Crippen molar-refractivity contribution < 1.29 is 14.4 Å². The van der Waals surface area contributed by atoms with Crippen LogP contribution in [-0.2, 0) is 0 Å². The molecule has 0 bridgehead atoms. The summed E-state index contributed by atoms with van der Waals surface area (Å²) in [5.41, 5.74) is 1.30. The third kappa shape index (κ3) is 1.76. The van der Waals surface area contributed by atoms with Crippen LogP contribution in [0.2, 0.25) is 0 Å². The Hall–Kier alpha value is -2.54. The summed E-state index contributed by atoms with van der Waals surface area (Å²) in [5.74, 6) is -1.36. The maximum atomic E-state index is 13.1. The minimum atomic E-state index is -0.859. The van der Waals surface area contributed by atoms with Crippen molar-refractivity contribution in [3.05, 3.63) is 41.1 Å². The summed E-state index contributed by atoms with van der Waals surface area (Å²) in [6.07, 6.45) is 0.804.